The van der Waals surface area contributed by atoms with Crippen LogP contribution in [0.25, 0.3) is 0 Å². The fourth-order valence-electron chi connectivity index (χ4n) is 4.18. The van der Waals surface area contributed by atoms with E-state index in [0.717, 1.165) is 33.0 Å². The molecule has 3 atom stereocenters. The lowest BCUT2D eigenvalue weighted by molar-refractivity contribution is -0.670. The smallest absolute Gasteiger partial charge is 0.352 e. The molecule has 220 valence electrons. The minimum absolute atomic E-state index is 0.118. The Balaban J connectivity index is 1.26. The molecule has 20 heteroatoms. The predicted molar refractivity (Wildman–Crippen MR) is 148 cm³/mol. The van der Waals surface area contributed by atoms with Gasteiger partial charge in [-0.15, -0.1) is 23.1 Å². The van der Waals surface area contributed by atoms with E-state index >= 15 is 0 Å². The number of nitrogens with one attached hydrogen (secondary N) is 4. The fraction of sp³-hybridized carbons (Fsp3) is 0.273. The molecule has 5 heterocycles. The lowest BCUT2D eigenvalue weighted by atomic mass is 10.0. The van der Waals surface area contributed by atoms with Crippen molar-refractivity contribution in [2.75, 3.05) is 18.1 Å². The van der Waals surface area contributed by atoms with Gasteiger partial charge in [-0.05, 0) is 39.5 Å². The van der Waals surface area contributed by atoms with Gasteiger partial charge in [0.2, 0.25) is 11.8 Å². The van der Waals surface area contributed by atoms with E-state index in [1.54, 1.807) is 17.5 Å². The van der Waals surface area contributed by atoms with Gasteiger partial charge in [-0.25, -0.2) is 24.8 Å². The number of carbonyl (C=O) groups excluding carboxylic acids is 5. The van der Waals surface area contributed by atoms with Gasteiger partial charge in [0.15, 0.2) is 5.03 Å². The highest BCUT2D eigenvalue weighted by Crippen LogP contribution is 2.41. The Bertz CT molecular complexity index is 1520. The minimum Gasteiger partial charge on any atom is -0.593 e. The van der Waals surface area contributed by atoms with E-state index in [-0.39, 0.29) is 27.2 Å². The molecule has 0 aliphatic carbocycles. The number of hydrogen-bond donors (Lipinski definition) is 5. The van der Waals surface area contributed by atoms with Crippen molar-refractivity contribution < 1.29 is 38.7 Å². The molecule has 3 aliphatic heterocycles. The number of hydrogen-bond acceptors (Lipinski definition) is 11. The Kier molecular flexibility index (Phi) is 8.43. The molecule has 16 nitrogen and oxygen atoms in total. The number of halogens is 1. The highest BCUT2D eigenvalue weighted by molar-refractivity contribution is 8.01. The average molecular weight is 655 g/mol. The van der Waals surface area contributed by atoms with Crippen LogP contribution < -0.4 is 26.2 Å². The molecule has 2 aromatic rings. The monoisotopic (exact) mass is 654 g/mol. The topological polar surface area (TPSA) is 217 Å². The van der Waals surface area contributed by atoms with Gasteiger partial charge in [-0.1, -0.05) is 17.8 Å². The van der Waals surface area contributed by atoms with Crippen LogP contribution in [0, 0.1) is 5.21 Å². The first kappa shape index (κ1) is 29.4. The number of urea groups is 2. The third-order valence-electron chi connectivity index (χ3n) is 6.07. The normalized spacial score (nSPS) is 20.5. The number of carbonyl (C=O) groups is 6. The quantitative estimate of drug-likeness (QED) is 0.0782. The molecule has 0 saturated carbocycles. The molecule has 0 aromatic carbocycles. The second-order valence-corrected chi connectivity index (χ2v) is 12.2. The van der Waals surface area contributed by atoms with Crippen molar-refractivity contribution in [2.24, 2.45) is 0 Å². The van der Waals surface area contributed by atoms with Crippen molar-refractivity contribution in [3.63, 3.8) is 0 Å². The van der Waals surface area contributed by atoms with E-state index in [1.807, 2.05) is 5.32 Å². The van der Waals surface area contributed by atoms with Crippen LogP contribution in [0.5, 0.6) is 0 Å². The second kappa shape index (κ2) is 12.0. The number of rotatable bonds is 9. The second-order valence-electron chi connectivity index (χ2n) is 8.78. The number of hydrazine groups is 1. The zero-order valence-electron chi connectivity index (χ0n) is 20.9. The molecule has 2 saturated heterocycles. The predicted octanol–water partition coefficient (Wildman–Crippen LogP) is -0.232. The largest absolute Gasteiger partial charge is 0.593 e. The van der Waals surface area contributed by atoms with Crippen molar-refractivity contribution in [1.82, 2.24) is 36.4 Å². The number of nitrogens with zero attached hydrogens (tertiary/aromatic N) is 4. The van der Waals surface area contributed by atoms with Crippen molar-refractivity contribution >= 4 is 82.2 Å². The summed E-state index contributed by atoms with van der Waals surface area (Å²) in [5.74, 6) is -2.96. The maximum absolute atomic E-state index is 13.3. The summed E-state index contributed by atoms with van der Waals surface area (Å²) in [6.45, 7) is -0.401. The molecular weight excluding hydrogens is 636 g/mol. The summed E-state index contributed by atoms with van der Waals surface area (Å²) in [6, 6.07) is 2.00. The number of aromatic nitrogens is 2. The van der Waals surface area contributed by atoms with Gasteiger partial charge in [0.25, 0.3) is 5.91 Å². The first-order valence-electron chi connectivity index (χ1n) is 11.8. The SMILES string of the molecule is O=C1CN(NC(=O)NC(C(=O)N[C@H]2C(=O)N3C(C(=O)O)=C(CSc4ccc(Cl)[n+]([O-])n4)CSC23)c2cccs2)C(=O)N1. The Morgan fingerprint density at radius 1 is 1.29 bits per heavy atom. The maximum atomic E-state index is 13.3. The molecular formula is C22H19ClN8O8S3. The molecule has 0 radical (unpaired) electrons. The number of thiophene rings is 1. The van der Waals surface area contributed by atoms with E-state index in [9.17, 15) is 39.1 Å². The van der Waals surface area contributed by atoms with Gasteiger partial charge in [-0.3, -0.25) is 24.6 Å². The van der Waals surface area contributed by atoms with E-state index in [0.29, 0.717) is 15.5 Å². The lowest BCUT2D eigenvalue weighted by Gasteiger charge is -2.49. The Labute approximate surface area is 253 Å². The van der Waals surface area contributed by atoms with Gasteiger partial charge >= 0.3 is 23.2 Å². The fourth-order valence-corrected chi connectivity index (χ4v) is 7.39. The van der Waals surface area contributed by atoms with E-state index in [4.69, 9.17) is 11.6 Å². The Hall–Kier alpha value is -4.07. The zero-order chi connectivity index (χ0) is 30.1. The molecule has 42 heavy (non-hydrogen) atoms. The Morgan fingerprint density at radius 3 is 2.71 bits per heavy atom. The van der Waals surface area contributed by atoms with Gasteiger partial charge in [-0.2, -0.15) is 0 Å². The van der Waals surface area contributed by atoms with Crippen LogP contribution in [0.3, 0.4) is 0 Å². The Morgan fingerprint density at radius 2 is 2.07 bits per heavy atom. The van der Waals surface area contributed by atoms with Crippen LogP contribution in [0.1, 0.15) is 10.9 Å². The molecule has 3 aliphatic rings. The van der Waals surface area contributed by atoms with Crippen molar-refractivity contribution in [1.29, 1.82) is 0 Å². The molecule has 2 fully saturated rings. The summed E-state index contributed by atoms with van der Waals surface area (Å²) in [5.41, 5.74) is 2.41. The average Bonchev–Trinajstić information content (AvgIpc) is 3.59. The summed E-state index contributed by atoms with van der Waals surface area (Å²) in [7, 11) is 0. The van der Waals surface area contributed by atoms with Crippen LogP contribution in [0.4, 0.5) is 9.59 Å². The lowest BCUT2D eigenvalue weighted by Crippen LogP contribution is -2.71. The number of imide groups is 1. The molecule has 5 rings (SSSR count). The standard InChI is InChI=1S/C22H19ClN8O8S3/c23-11-3-4-13(27-31(11)39)41-7-9-8-42-19-15(18(34)30(19)16(9)20(35)36)25-17(33)14(10-2-1-5-40-10)26-21(37)28-29-6-12(32)24-22(29)38/h1-5,14-15,19H,6-8H2,(H,25,33)(H,35,36)(H,24,32,38)(H2,26,28,37)/t14?,15-,19?/m0/s1. The van der Waals surface area contributed by atoms with Crippen molar-refractivity contribution in [3.8, 4) is 0 Å². The first-order valence-corrected chi connectivity index (χ1v) is 15.1. The first-order chi connectivity index (χ1) is 20.0. The van der Waals surface area contributed by atoms with Gasteiger partial charge < -0.3 is 20.9 Å². The summed E-state index contributed by atoms with van der Waals surface area (Å²) >= 11 is 9.20. The maximum Gasteiger partial charge on any atom is 0.352 e. The van der Waals surface area contributed by atoms with Crippen LogP contribution in [-0.4, -0.2) is 85.3 Å². The third kappa shape index (κ3) is 5.94. The summed E-state index contributed by atoms with van der Waals surface area (Å²) in [5, 5.41) is 34.2. The van der Waals surface area contributed by atoms with Gasteiger partial charge in [0.1, 0.15) is 29.7 Å². The number of β-lactam (4-membered cyclic amide) rings is 1. The van der Waals surface area contributed by atoms with E-state index in [2.05, 4.69) is 21.2 Å². The van der Waals surface area contributed by atoms with E-state index in [1.165, 1.54) is 23.9 Å². The molecule has 2 aromatic heterocycles. The number of thioether (sulfide) groups is 2. The van der Waals surface area contributed by atoms with Crippen LogP contribution in [-0.2, 0) is 19.2 Å². The number of carboxylic acids is 1. The third-order valence-corrected chi connectivity index (χ3v) is 9.63. The highest BCUT2D eigenvalue weighted by atomic mass is 35.5. The van der Waals surface area contributed by atoms with Gasteiger partial charge in [0, 0.05) is 27.5 Å². The molecule has 0 spiro atoms. The van der Waals surface area contributed by atoms with Crippen molar-refractivity contribution in [3.05, 3.63) is 56.2 Å². The summed E-state index contributed by atoms with van der Waals surface area (Å²) < 4.78 is 0. The summed E-state index contributed by atoms with van der Waals surface area (Å²) in [4.78, 5) is 76.0. The number of aliphatic carboxylic acids is 1. The van der Waals surface area contributed by atoms with E-state index < -0.39 is 59.8 Å². The molecule has 0 bridgehead atoms. The van der Waals surface area contributed by atoms with Crippen LogP contribution in [0.15, 0.2) is 45.9 Å². The summed E-state index contributed by atoms with van der Waals surface area (Å²) in [6.07, 6.45) is 0. The molecule has 7 amide bonds. The number of amides is 7. The number of fused-ring (bicyclic) bond motifs is 1. The van der Waals surface area contributed by atoms with Crippen molar-refractivity contribution in [2.45, 2.75) is 22.5 Å². The number of carboxylic acid groups (broad SMARTS) is 1. The molecule has 5 N–H and O–H groups in total. The zero-order valence-corrected chi connectivity index (χ0v) is 24.1. The van der Waals surface area contributed by atoms with Gasteiger partial charge in [0.05, 0.1) is 0 Å². The van der Waals surface area contributed by atoms with Crippen LogP contribution >= 0.6 is 46.5 Å². The van der Waals surface area contributed by atoms with Crippen LogP contribution in [0.2, 0.25) is 5.15 Å². The highest BCUT2D eigenvalue weighted by Gasteiger charge is 2.54. The minimum atomic E-state index is -1.32. The molecule has 2 unspecified atom stereocenters.